The average Bonchev–Trinajstić information content (AvgIpc) is 3.00. The van der Waals surface area contributed by atoms with Gasteiger partial charge in [0.15, 0.2) is 5.96 Å². The van der Waals surface area contributed by atoms with Crippen molar-refractivity contribution in [1.82, 2.24) is 5.32 Å². The maximum absolute atomic E-state index is 6.49. The number of aliphatic imine (C=N–C) groups is 1. The number of guanidine groups is 1. The van der Waals surface area contributed by atoms with Crippen molar-refractivity contribution >= 4 is 34.8 Å². The summed E-state index contributed by atoms with van der Waals surface area (Å²) in [6.07, 6.45) is 8.27. The first-order valence-electron chi connectivity index (χ1n) is 9.96. The Bertz CT molecular complexity index is 692. The number of nitrogens with one attached hydrogen (secondary N) is 2. The van der Waals surface area contributed by atoms with Crippen LogP contribution in [0.5, 0.6) is 0 Å². The summed E-state index contributed by atoms with van der Waals surface area (Å²) in [6.45, 7) is 6.57. The molecule has 6 heteroatoms. The third-order valence-electron chi connectivity index (χ3n) is 6.55. The van der Waals surface area contributed by atoms with E-state index in [4.69, 9.17) is 28.9 Å². The van der Waals surface area contributed by atoms with E-state index in [1.165, 1.54) is 38.5 Å². The summed E-state index contributed by atoms with van der Waals surface area (Å²) >= 11 is 12.0. The second-order valence-corrected chi connectivity index (χ2v) is 10.7. The first-order chi connectivity index (χ1) is 12.7. The van der Waals surface area contributed by atoms with Crippen molar-refractivity contribution in [3.63, 3.8) is 0 Å². The monoisotopic (exact) mass is 408 g/mol. The van der Waals surface area contributed by atoms with Gasteiger partial charge in [-0.1, -0.05) is 43.1 Å². The molecule has 4 saturated carbocycles. The third-order valence-corrected chi connectivity index (χ3v) is 7.18. The van der Waals surface area contributed by atoms with Gasteiger partial charge in [0.25, 0.3) is 0 Å². The molecule has 0 aromatic heterocycles. The van der Waals surface area contributed by atoms with E-state index >= 15 is 0 Å². The van der Waals surface area contributed by atoms with Crippen molar-refractivity contribution in [1.29, 1.82) is 0 Å². The topological polar surface area (TPSA) is 62.4 Å². The Morgan fingerprint density at radius 3 is 2.19 bits per heavy atom. The molecule has 4 aliphatic carbocycles. The zero-order chi connectivity index (χ0) is 19.3. The molecule has 1 aromatic carbocycles. The highest BCUT2D eigenvalue weighted by Crippen LogP contribution is 2.65. The molecule has 5 aliphatic rings. The minimum absolute atomic E-state index is 0.225. The van der Waals surface area contributed by atoms with Crippen LogP contribution in [0.1, 0.15) is 52.4 Å². The lowest BCUT2D eigenvalue weighted by atomic mass is 9.43. The number of nitrogens with two attached hydrogens (primary N) is 1. The molecule has 1 aliphatic heterocycles. The number of nitrogens with zero attached hydrogens (tertiary/aromatic N) is 1. The Kier molecular flexibility index (Phi) is 4.89. The Morgan fingerprint density at radius 1 is 1.07 bits per heavy atom. The van der Waals surface area contributed by atoms with E-state index in [0.717, 1.165) is 25.0 Å². The number of rotatable bonds is 1. The Labute approximate surface area is 172 Å². The molecule has 27 heavy (non-hydrogen) atoms. The maximum Gasteiger partial charge on any atom is 0.196 e. The Balaban J connectivity index is 0.000000134. The maximum atomic E-state index is 6.49. The van der Waals surface area contributed by atoms with Crippen LogP contribution in [0, 0.1) is 16.7 Å². The predicted octanol–water partition coefficient (Wildman–Crippen LogP) is 5.06. The van der Waals surface area contributed by atoms with E-state index in [9.17, 15) is 0 Å². The van der Waals surface area contributed by atoms with Gasteiger partial charge < -0.3 is 16.4 Å². The number of halogens is 2. The molecule has 0 saturated heterocycles. The van der Waals surface area contributed by atoms with Crippen LogP contribution in [0.3, 0.4) is 0 Å². The summed E-state index contributed by atoms with van der Waals surface area (Å²) in [5.74, 6) is 1.68. The van der Waals surface area contributed by atoms with Crippen LogP contribution in [0.2, 0.25) is 10.0 Å². The molecule has 4 bridgehead atoms. The van der Waals surface area contributed by atoms with Gasteiger partial charge in [0.1, 0.15) is 0 Å². The van der Waals surface area contributed by atoms with Gasteiger partial charge in [-0.25, -0.2) is 0 Å². The van der Waals surface area contributed by atoms with Gasteiger partial charge in [0.2, 0.25) is 0 Å². The average molecular weight is 409 g/mol. The molecule has 2 unspecified atom stereocenters. The lowest BCUT2D eigenvalue weighted by molar-refractivity contribution is -0.104. The molecule has 0 radical (unpaired) electrons. The van der Waals surface area contributed by atoms with Crippen molar-refractivity contribution < 1.29 is 0 Å². The minimum atomic E-state index is 0.225. The third kappa shape index (κ3) is 4.08. The van der Waals surface area contributed by atoms with Gasteiger partial charge in [-0.05, 0) is 67.4 Å². The highest BCUT2D eigenvalue weighted by Gasteiger charge is 2.58. The molecular formula is C21H30Cl2N4. The summed E-state index contributed by atoms with van der Waals surface area (Å²) in [5.41, 5.74) is 8.61. The van der Waals surface area contributed by atoms with E-state index < -0.39 is 0 Å². The molecule has 0 amide bonds. The van der Waals surface area contributed by atoms with Crippen LogP contribution >= 0.6 is 23.2 Å². The van der Waals surface area contributed by atoms with E-state index in [2.05, 4.69) is 29.5 Å². The standard InChI is InChI=1S/C12H21N.C9H9Cl2N3/c1-10-3-9-4-11(2,6-10)8-12(13,5-9)7-10;10-6-2-1-3-7(11)8(6)14-9-12-4-5-13-9/h9H,3-8,13H2,1-2H3;1-3H,4-5H2,(H2,12,13,14). The molecular weight excluding hydrogens is 379 g/mol. The second kappa shape index (κ2) is 6.82. The first-order valence-corrected chi connectivity index (χ1v) is 10.7. The molecule has 6 rings (SSSR count). The van der Waals surface area contributed by atoms with E-state index in [0.29, 0.717) is 26.6 Å². The highest BCUT2D eigenvalue weighted by atomic mass is 35.5. The fraction of sp³-hybridized carbons (Fsp3) is 0.667. The van der Waals surface area contributed by atoms with Gasteiger partial charge >= 0.3 is 0 Å². The fourth-order valence-electron chi connectivity index (χ4n) is 6.75. The number of hydrogen-bond acceptors (Lipinski definition) is 4. The SMILES string of the molecule is CC12CC3CC(C)(C1)CC(N)(C3)C2.Clc1cccc(Cl)c1NC1=NCCN1. The summed E-state index contributed by atoms with van der Waals surface area (Å²) in [5, 5.41) is 7.32. The summed E-state index contributed by atoms with van der Waals surface area (Å²) in [6, 6.07) is 5.37. The van der Waals surface area contributed by atoms with Gasteiger partial charge in [-0.15, -0.1) is 0 Å². The largest absolute Gasteiger partial charge is 0.354 e. The fourth-order valence-corrected chi connectivity index (χ4v) is 7.25. The van der Waals surface area contributed by atoms with Gasteiger partial charge in [0, 0.05) is 12.1 Å². The first kappa shape index (κ1) is 19.4. The van der Waals surface area contributed by atoms with Gasteiger partial charge in [0.05, 0.1) is 22.3 Å². The van der Waals surface area contributed by atoms with E-state index in [-0.39, 0.29) is 5.54 Å². The predicted molar refractivity (Wildman–Crippen MR) is 115 cm³/mol. The molecule has 0 spiro atoms. The minimum Gasteiger partial charge on any atom is -0.354 e. The number of benzene rings is 1. The summed E-state index contributed by atoms with van der Waals surface area (Å²) in [7, 11) is 0. The van der Waals surface area contributed by atoms with Gasteiger partial charge in [-0.3, -0.25) is 4.99 Å². The molecule has 1 aromatic rings. The number of hydrogen-bond donors (Lipinski definition) is 3. The molecule has 4 fully saturated rings. The zero-order valence-electron chi connectivity index (χ0n) is 16.2. The lowest BCUT2D eigenvalue weighted by Gasteiger charge is -2.64. The summed E-state index contributed by atoms with van der Waals surface area (Å²) < 4.78 is 0. The molecule has 148 valence electrons. The molecule has 1 heterocycles. The van der Waals surface area contributed by atoms with Crippen LogP contribution in [0.4, 0.5) is 5.69 Å². The van der Waals surface area contributed by atoms with Gasteiger partial charge in [-0.2, -0.15) is 0 Å². The Hall–Kier alpha value is -0.970. The highest BCUT2D eigenvalue weighted by molar-refractivity contribution is 6.39. The Morgan fingerprint density at radius 2 is 1.70 bits per heavy atom. The van der Waals surface area contributed by atoms with Crippen LogP contribution in [-0.4, -0.2) is 24.6 Å². The van der Waals surface area contributed by atoms with Crippen molar-refractivity contribution in [3.8, 4) is 0 Å². The van der Waals surface area contributed by atoms with Crippen molar-refractivity contribution in [2.45, 2.75) is 57.9 Å². The van der Waals surface area contributed by atoms with Crippen LogP contribution in [-0.2, 0) is 0 Å². The summed E-state index contributed by atoms with van der Waals surface area (Å²) in [4.78, 5) is 4.19. The smallest absolute Gasteiger partial charge is 0.196 e. The van der Waals surface area contributed by atoms with Crippen molar-refractivity contribution in [2.24, 2.45) is 27.5 Å². The van der Waals surface area contributed by atoms with Crippen LogP contribution in [0.15, 0.2) is 23.2 Å². The second-order valence-electron chi connectivity index (χ2n) is 9.87. The van der Waals surface area contributed by atoms with E-state index in [1.807, 2.05) is 0 Å². The molecule has 4 N–H and O–H groups in total. The van der Waals surface area contributed by atoms with Crippen LogP contribution in [0.25, 0.3) is 0 Å². The number of anilines is 1. The molecule has 2 atom stereocenters. The quantitative estimate of drug-likeness (QED) is 0.608. The van der Waals surface area contributed by atoms with Crippen molar-refractivity contribution in [3.05, 3.63) is 28.2 Å². The number of para-hydroxylation sites is 1. The van der Waals surface area contributed by atoms with Crippen molar-refractivity contribution in [2.75, 3.05) is 18.4 Å². The lowest BCUT2D eigenvalue weighted by Crippen LogP contribution is -2.62. The zero-order valence-corrected chi connectivity index (χ0v) is 17.8. The molecule has 4 nitrogen and oxygen atoms in total. The van der Waals surface area contributed by atoms with E-state index in [1.54, 1.807) is 18.2 Å². The van der Waals surface area contributed by atoms with Crippen LogP contribution < -0.4 is 16.4 Å². The normalized spacial score (nSPS) is 38.7.